The summed E-state index contributed by atoms with van der Waals surface area (Å²) >= 11 is 6.21. The van der Waals surface area contributed by atoms with Gasteiger partial charge >= 0.3 is 0 Å². The van der Waals surface area contributed by atoms with Gasteiger partial charge in [-0.15, -0.1) is 0 Å². The molecule has 1 saturated heterocycles. The third-order valence-corrected chi connectivity index (χ3v) is 3.31. The van der Waals surface area contributed by atoms with Crippen LogP contribution in [0.1, 0.15) is 24.4 Å². The van der Waals surface area contributed by atoms with E-state index in [1.807, 2.05) is 12.1 Å². The van der Waals surface area contributed by atoms with Crippen molar-refractivity contribution in [3.8, 4) is 11.5 Å². The van der Waals surface area contributed by atoms with E-state index in [9.17, 15) is 0 Å². The van der Waals surface area contributed by atoms with E-state index in [0.717, 1.165) is 24.3 Å². The third-order valence-electron chi connectivity index (χ3n) is 2.95. The molecule has 1 fully saturated rings. The Balaban J connectivity index is 2.40. The van der Waals surface area contributed by atoms with Crippen molar-refractivity contribution in [2.75, 3.05) is 20.8 Å². The highest BCUT2D eigenvalue weighted by Crippen LogP contribution is 2.41. The molecular weight excluding hydrogens is 226 g/mol. The Bertz CT molecular complexity index is 376. The molecule has 0 bridgehead atoms. The summed E-state index contributed by atoms with van der Waals surface area (Å²) in [5, 5.41) is 3.98. The van der Waals surface area contributed by atoms with E-state index in [4.69, 9.17) is 21.1 Å². The lowest BCUT2D eigenvalue weighted by atomic mass is 10.0. The van der Waals surface area contributed by atoms with Gasteiger partial charge in [-0.25, -0.2) is 0 Å². The van der Waals surface area contributed by atoms with Gasteiger partial charge in [-0.1, -0.05) is 11.6 Å². The normalized spacial score (nSPS) is 19.8. The summed E-state index contributed by atoms with van der Waals surface area (Å²) in [6, 6.07) is 4.26. The van der Waals surface area contributed by atoms with Gasteiger partial charge in [-0.3, -0.25) is 0 Å². The molecule has 1 unspecified atom stereocenters. The maximum Gasteiger partial charge on any atom is 0.146 e. The lowest BCUT2D eigenvalue weighted by Gasteiger charge is -2.17. The molecule has 1 atom stereocenters. The molecule has 1 aliphatic rings. The predicted octanol–water partition coefficient (Wildman–Crippen LogP) is 2.78. The van der Waals surface area contributed by atoms with E-state index in [-0.39, 0.29) is 0 Å². The first-order valence-corrected chi connectivity index (χ1v) is 5.79. The van der Waals surface area contributed by atoms with Gasteiger partial charge in [0.25, 0.3) is 0 Å². The smallest absolute Gasteiger partial charge is 0.146 e. The molecular formula is C12H16ClNO2. The molecule has 0 aliphatic carbocycles. The fourth-order valence-corrected chi connectivity index (χ4v) is 2.47. The van der Waals surface area contributed by atoms with Crippen LogP contribution in [0.3, 0.4) is 0 Å². The number of benzene rings is 1. The number of hydrogen-bond donors (Lipinski definition) is 1. The van der Waals surface area contributed by atoms with E-state index in [0.29, 0.717) is 16.8 Å². The Morgan fingerprint density at radius 1 is 1.31 bits per heavy atom. The standard InChI is InChI=1S/C12H16ClNO2/c1-15-10-6-5-8(9-4-3-7-14-9)12(16-2)11(10)13/h5-6,9,14H,3-4,7H2,1-2H3. The molecule has 0 spiro atoms. The van der Waals surface area contributed by atoms with E-state index >= 15 is 0 Å². The average molecular weight is 242 g/mol. The molecule has 3 nitrogen and oxygen atoms in total. The fraction of sp³-hybridized carbons (Fsp3) is 0.500. The fourth-order valence-electron chi connectivity index (χ4n) is 2.14. The average Bonchev–Trinajstić information content (AvgIpc) is 2.82. The van der Waals surface area contributed by atoms with E-state index in [1.54, 1.807) is 14.2 Å². The van der Waals surface area contributed by atoms with Gasteiger partial charge in [0.1, 0.15) is 16.5 Å². The number of methoxy groups -OCH3 is 2. The largest absolute Gasteiger partial charge is 0.495 e. The van der Waals surface area contributed by atoms with Gasteiger partial charge in [0, 0.05) is 11.6 Å². The van der Waals surface area contributed by atoms with Crippen molar-refractivity contribution in [3.63, 3.8) is 0 Å². The first-order valence-electron chi connectivity index (χ1n) is 5.41. The van der Waals surface area contributed by atoms with Crippen LogP contribution in [-0.4, -0.2) is 20.8 Å². The molecule has 0 aromatic heterocycles. The zero-order chi connectivity index (χ0) is 11.5. The van der Waals surface area contributed by atoms with Gasteiger partial charge < -0.3 is 14.8 Å². The number of ether oxygens (including phenoxy) is 2. The summed E-state index contributed by atoms with van der Waals surface area (Å²) in [6.07, 6.45) is 2.32. The number of rotatable bonds is 3. The van der Waals surface area contributed by atoms with Crippen LogP contribution >= 0.6 is 11.6 Å². The monoisotopic (exact) mass is 241 g/mol. The summed E-state index contributed by atoms with van der Waals surface area (Å²) in [4.78, 5) is 0. The number of hydrogen-bond acceptors (Lipinski definition) is 3. The van der Waals surface area contributed by atoms with Gasteiger partial charge in [0.2, 0.25) is 0 Å². The van der Waals surface area contributed by atoms with E-state index in [2.05, 4.69) is 5.32 Å². The quantitative estimate of drug-likeness (QED) is 0.883. The molecule has 1 aromatic carbocycles. The highest BCUT2D eigenvalue weighted by atomic mass is 35.5. The van der Waals surface area contributed by atoms with E-state index < -0.39 is 0 Å². The lowest BCUT2D eigenvalue weighted by molar-refractivity contribution is 0.387. The summed E-state index contributed by atoms with van der Waals surface area (Å²) in [7, 11) is 3.24. The van der Waals surface area contributed by atoms with E-state index in [1.165, 1.54) is 6.42 Å². The van der Waals surface area contributed by atoms with Crippen molar-refractivity contribution in [1.82, 2.24) is 5.32 Å². The summed E-state index contributed by atoms with van der Waals surface area (Å²) in [5.41, 5.74) is 1.12. The highest BCUT2D eigenvalue weighted by Gasteiger charge is 2.22. The predicted molar refractivity (Wildman–Crippen MR) is 64.5 cm³/mol. The Labute approximate surface area is 101 Å². The minimum absolute atomic E-state index is 0.346. The molecule has 1 heterocycles. The first-order chi connectivity index (χ1) is 7.77. The second-order valence-electron chi connectivity index (χ2n) is 3.85. The molecule has 88 valence electrons. The van der Waals surface area contributed by atoms with Crippen LogP contribution in [0.25, 0.3) is 0 Å². The van der Waals surface area contributed by atoms with Crippen molar-refractivity contribution in [2.45, 2.75) is 18.9 Å². The zero-order valence-electron chi connectivity index (χ0n) is 9.55. The highest BCUT2D eigenvalue weighted by molar-refractivity contribution is 6.33. The molecule has 16 heavy (non-hydrogen) atoms. The first kappa shape index (κ1) is 11.6. The van der Waals surface area contributed by atoms with Crippen LogP contribution in [0.2, 0.25) is 5.02 Å². The van der Waals surface area contributed by atoms with Crippen molar-refractivity contribution >= 4 is 11.6 Å². The van der Waals surface area contributed by atoms with Crippen LogP contribution < -0.4 is 14.8 Å². The lowest BCUT2D eigenvalue weighted by Crippen LogP contribution is -2.14. The summed E-state index contributed by atoms with van der Waals surface area (Å²) < 4.78 is 10.6. The van der Waals surface area contributed by atoms with Crippen LogP contribution in [-0.2, 0) is 0 Å². The Kier molecular flexibility index (Phi) is 3.56. The van der Waals surface area contributed by atoms with Gasteiger partial charge in [0.05, 0.1) is 14.2 Å². The van der Waals surface area contributed by atoms with Crippen LogP contribution in [0.5, 0.6) is 11.5 Å². The zero-order valence-corrected chi connectivity index (χ0v) is 10.3. The number of nitrogens with one attached hydrogen (secondary N) is 1. The van der Waals surface area contributed by atoms with Crippen LogP contribution in [0, 0.1) is 0 Å². The second kappa shape index (κ2) is 4.93. The van der Waals surface area contributed by atoms with Gasteiger partial charge in [-0.2, -0.15) is 0 Å². The minimum atomic E-state index is 0.346. The molecule has 1 N–H and O–H groups in total. The molecule has 4 heteroatoms. The Hall–Kier alpha value is -0.930. The minimum Gasteiger partial charge on any atom is -0.495 e. The second-order valence-corrected chi connectivity index (χ2v) is 4.23. The van der Waals surface area contributed by atoms with Gasteiger partial charge in [-0.05, 0) is 31.5 Å². The molecule has 0 radical (unpaired) electrons. The summed E-state index contributed by atoms with van der Waals surface area (Å²) in [5.74, 6) is 1.38. The molecule has 0 amide bonds. The van der Waals surface area contributed by atoms with Crippen molar-refractivity contribution in [3.05, 3.63) is 22.7 Å². The maximum absolute atomic E-state index is 6.21. The summed E-state index contributed by atoms with van der Waals surface area (Å²) in [6.45, 7) is 1.05. The molecule has 2 rings (SSSR count). The maximum atomic E-state index is 6.21. The third kappa shape index (κ3) is 1.97. The van der Waals surface area contributed by atoms with Crippen LogP contribution in [0.15, 0.2) is 12.1 Å². The van der Waals surface area contributed by atoms with Crippen molar-refractivity contribution in [1.29, 1.82) is 0 Å². The molecule has 1 aliphatic heterocycles. The topological polar surface area (TPSA) is 30.5 Å². The number of halogens is 1. The van der Waals surface area contributed by atoms with Crippen molar-refractivity contribution in [2.24, 2.45) is 0 Å². The van der Waals surface area contributed by atoms with Gasteiger partial charge in [0.15, 0.2) is 0 Å². The SMILES string of the molecule is COc1ccc(C2CCCN2)c(OC)c1Cl. The Morgan fingerprint density at radius 2 is 2.12 bits per heavy atom. The van der Waals surface area contributed by atoms with Crippen LogP contribution in [0.4, 0.5) is 0 Å². The molecule has 1 aromatic rings. The Morgan fingerprint density at radius 3 is 2.69 bits per heavy atom. The van der Waals surface area contributed by atoms with Crippen molar-refractivity contribution < 1.29 is 9.47 Å². The molecule has 0 saturated carbocycles.